The molecule has 5 aromatic carbocycles. The summed E-state index contributed by atoms with van der Waals surface area (Å²) in [5, 5.41) is 10.5. The van der Waals surface area contributed by atoms with E-state index in [4.69, 9.17) is 9.47 Å². The Morgan fingerprint density at radius 3 is 2.25 bits per heavy atom. The average Bonchev–Trinajstić information content (AvgIpc) is 3.65. The van der Waals surface area contributed by atoms with Crippen molar-refractivity contribution in [1.82, 2.24) is 10.3 Å². The number of methoxy groups -OCH3 is 2. The number of anilines is 2. The second-order valence-electron chi connectivity index (χ2n) is 11.8. The van der Waals surface area contributed by atoms with Crippen LogP contribution in [0.5, 0.6) is 11.5 Å². The molecule has 0 spiro atoms. The van der Waals surface area contributed by atoms with Crippen molar-refractivity contribution in [2.24, 2.45) is 0 Å². The van der Waals surface area contributed by atoms with Crippen molar-refractivity contribution in [2.45, 2.75) is 17.1 Å². The predicted molar refractivity (Wildman–Crippen MR) is 212 cm³/mol. The maximum Gasteiger partial charge on any atom is 0.272 e. The van der Waals surface area contributed by atoms with Crippen LogP contribution in [0.4, 0.5) is 10.8 Å². The van der Waals surface area contributed by atoms with Crippen LogP contribution in [0.3, 0.4) is 0 Å². The Bertz CT molecular complexity index is 2240. The fourth-order valence-electron chi connectivity index (χ4n) is 5.29. The first-order valence-corrected chi connectivity index (χ1v) is 18.3. The van der Waals surface area contributed by atoms with E-state index < -0.39 is 17.1 Å². The number of aryl methyl sites for hydroxylation is 1. The molecule has 0 bridgehead atoms. The molecular formula is C42H36N4O5S2. The highest BCUT2D eigenvalue weighted by atomic mass is 32.2. The van der Waals surface area contributed by atoms with Gasteiger partial charge in [-0.25, -0.2) is 4.98 Å². The highest BCUT2D eigenvalue weighted by Crippen LogP contribution is 2.38. The van der Waals surface area contributed by atoms with E-state index in [1.165, 1.54) is 36.3 Å². The summed E-state index contributed by atoms with van der Waals surface area (Å²) < 4.78 is 10.9. The lowest BCUT2D eigenvalue weighted by atomic mass is 10.1. The van der Waals surface area contributed by atoms with E-state index in [-0.39, 0.29) is 11.6 Å². The summed E-state index contributed by atoms with van der Waals surface area (Å²) in [5.41, 5.74) is 5.08. The number of carbonyl (C=O) groups is 3. The molecule has 11 heteroatoms. The van der Waals surface area contributed by atoms with Crippen LogP contribution >= 0.6 is 23.1 Å². The van der Waals surface area contributed by atoms with E-state index in [1.807, 2.05) is 73.0 Å². The molecule has 0 saturated carbocycles. The van der Waals surface area contributed by atoms with Gasteiger partial charge in [0.25, 0.3) is 11.8 Å². The molecule has 1 atom stereocenters. The molecule has 3 amide bonds. The minimum Gasteiger partial charge on any atom is -0.497 e. The van der Waals surface area contributed by atoms with Crippen molar-refractivity contribution in [2.75, 3.05) is 24.9 Å². The molecular weight excluding hydrogens is 705 g/mol. The molecule has 6 aromatic rings. The van der Waals surface area contributed by atoms with Crippen LogP contribution in [-0.2, 0) is 9.59 Å². The van der Waals surface area contributed by atoms with Gasteiger partial charge in [0.05, 0.1) is 19.9 Å². The number of aromatic nitrogens is 1. The van der Waals surface area contributed by atoms with Gasteiger partial charge in [-0.3, -0.25) is 14.4 Å². The van der Waals surface area contributed by atoms with Crippen molar-refractivity contribution in [3.05, 3.63) is 161 Å². The van der Waals surface area contributed by atoms with E-state index in [9.17, 15) is 14.4 Å². The number of hydrogen-bond donors (Lipinski definition) is 3. The summed E-state index contributed by atoms with van der Waals surface area (Å²) >= 11 is 2.71. The number of benzene rings is 5. The average molecular weight is 741 g/mol. The highest BCUT2D eigenvalue weighted by Gasteiger charge is 2.24. The van der Waals surface area contributed by atoms with E-state index in [2.05, 4.69) is 20.9 Å². The number of thioether (sulfide) groups is 1. The van der Waals surface area contributed by atoms with E-state index >= 15 is 0 Å². The predicted octanol–water partition coefficient (Wildman–Crippen LogP) is 9.02. The van der Waals surface area contributed by atoms with Gasteiger partial charge in [-0.1, -0.05) is 84.4 Å². The van der Waals surface area contributed by atoms with Crippen LogP contribution in [0.2, 0.25) is 0 Å². The van der Waals surface area contributed by atoms with Gasteiger partial charge >= 0.3 is 0 Å². The largest absolute Gasteiger partial charge is 0.497 e. The zero-order valence-corrected chi connectivity index (χ0v) is 30.8. The SMILES string of the molecule is COc1ccc(OC)c(/C=C(/NC(=O)c2ccccc2)C(=O)Nc2cccc(SC(C(=O)Nc3nc(-c4ccc(C)cc4)cs3)c3ccccc3)c2)c1. The van der Waals surface area contributed by atoms with Gasteiger partial charge in [-0.2, -0.15) is 0 Å². The van der Waals surface area contributed by atoms with Gasteiger partial charge in [0, 0.05) is 32.7 Å². The molecule has 1 unspecified atom stereocenters. The quantitative estimate of drug-likeness (QED) is 0.0799. The molecule has 3 N–H and O–H groups in total. The maximum absolute atomic E-state index is 13.9. The standard InChI is InChI=1S/C42H36N4O5S2/c1-27-17-19-28(20-18-27)36-26-52-42(45-36)46-41(49)38(29-11-6-4-7-12-29)53-34-16-10-15-32(25-34)43-40(48)35(44-39(47)30-13-8-5-9-14-30)24-31-23-33(50-2)21-22-37(31)51-3/h4-26,38H,1-3H3,(H,43,48)(H,44,47)(H,45,46,49)/b35-24+. The van der Waals surface area contributed by atoms with E-state index in [0.717, 1.165) is 27.3 Å². The molecule has 1 heterocycles. The molecule has 1 aromatic heterocycles. The third kappa shape index (κ3) is 9.59. The van der Waals surface area contributed by atoms with Crippen LogP contribution in [0.1, 0.15) is 32.3 Å². The number of thiazole rings is 1. The molecule has 0 radical (unpaired) electrons. The molecule has 9 nitrogen and oxygen atoms in total. The van der Waals surface area contributed by atoms with Crippen LogP contribution in [-0.4, -0.2) is 36.9 Å². The number of rotatable bonds is 13. The van der Waals surface area contributed by atoms with Crippen LogP contribution in [0.25, 0.3) is 17.3 Å². The Morgan fingerprint density at radius 1 is 0.792 bits per heavy atom. The smallest absolute Gasteiger partial charge is 0.272 e. The Labute approximate surface area is 316 Å². The number of nitrogens with one attached hydrogen (secondary N) is 3. The highest BCUT2D eigenvalue weighted by molar-refractivity contribution is 8.00. The third-order valence-corrected chi connectivity index (χ3v) is 10.0. The summed E-state index contributed by atoms with van der Waals surface area (Å²) in [7, 11) is 3.06. The van der Waals surface area contributed by atoms with Crippen LogP contribution in [0, 0.1) is 6.92 Å². The molecule has 6 rings (SSSR count). The lowest BCUT2D eigenvalue weighted by Crippen LogP contribution is -2.30. The van der Waals surface area contributed by atoms with Gasteiger partial charge in [0.1, 0.15) is 22.4 Å². The van der Waals surface area contributed by atoms with Crippen LogP contribution < -0.4 is 25.4 Å². The Kier molecular flexibility index (Phi) is 12.0. The normalized spacial score (nSPS) is 11.6. The maximum atomic E-state index is 13.9. The first-order valence-electron chi connectivity index (χ1n) is 16.6. The molecule has 266 valence electrons. The topological polar surface area (TPSA) is 119 Å². The van der Waals surface area contributed by atoms with E-state index in [0.29, 0.717) is 33.4 Å². The zero-order chi connectivity index (χ0) is 37.2. The molecule has 0 saturated heterocycles. The van der Waals surface area contributed by atoms with Gasteiger partial charge < -0.3 is 25.4 Å². The molecule has 0 aliphatic rings. The van der Waals surface area contributed by atoms with Gasteiger partial charge in [-0.15, -0.1) is 23.1 Å². The zero-order valence-electron chi connectivity index (χ0n) is 29.2. The Hall–Kier alpha value is -6.17. The lowest BCUT2D eigenvalue weighted by molar-refractivity contribution is -0.116. The summed E-state index contributed by atoms with van der Waals surface area (Å²) in [4.78, 5) is 46.4. The van der Waals surface area contributed by atoms with Crippen molar-refractivity contribution < 1.29 is 23.9 Å². The van der Waals surface area contributed by atoms with Crippen LogP contribution in [0.15, 0.2) is 143 Å². The number of amides is 3. The van der Waals surface area contributed by atoms with Crippen molar-refractivity contribution in [1.29, 1.82) is 0 Å². The minimum absolute atomic E-state index is 0.0153. The minimum atomic E-state index is -0.630. The summed E-state index contributed by atoms with van der Waals surface area (Å²) in [6, 6.07) is 38.5. The fourth-order valence-corrected chi connectivity index (χ4v) is 7.10. The number of nitrogens with zero attached hydrogens (tertiary/aromatic N) is 1. The molecule has 0 aliphatic heterocycles. The summed E-state index contributed by atoms with van der Waals surface area (Å²) in [6.07, 6.45) is 1.54. The Balaban J connectivity index is 1.24. The van der Waals surface area contributed by atoms with E-state index in [1.54, 1.807) is 73.8 Å². The first kappa shape index (κ1) is 36.6. The monoisotopic (exact) mass is 740 g/mol. The van der Waals surface area contributed by atoms with Gasteiger partial charge in [-0.05, 0) is 67.1 Å². The molecule has 0 aliphatic carbocycles. The summed E-state index contributed by atoms with van der Waals surface area (Å²) in [6.45, 7) is 2.03. The molecule has 53 heavy (non-hydrogen) atoms. The summed E-state index contributed by atoms with van der Waals surface area (Å²) in [5.74, 6) is -0.221. The third-order valence-electron chi connectivity index (χ3n) is 8.03. The van der Waals surface area contributed by atoms with Crippen molar-refractivity contribution >= 4 is 57.7 Å². The molecule has 0 fully saturated rings. The van der Waals surface area contributed by atoms with Crippen molar-refractivity contribution in [3.8, 4) is 22.8 Å². The number of ether oxygens (including phenoxy) is 2. The lowest BCUT2D eigenvalue weighted by Gasteiger charge is -2.17. The fraction of sp³-hybridized carbons (Fsp3) is 0.0952. The van der Waals surface area contributed by atoms with Gasteiger partial charge in [0.2, 0.25) is 5.91 Å². The second kappa shape index (κ2) is 17.4. The number of hydrogen-bond acceptors (Lipinski definition) is 8. The first-order chi connectivity index (χ1) is 25.8. The number of carbonyl (C=O) groups excluding carboxylic acids is 3. The van der Waals surface area contributed by atoms with Crippen molar-refractivity contribution in [3.63, 3.8) is 0 Å². The second-order valence-corrected chi connectivity index (χ2v) is 13.8. The Morgan fingerprint density at radius 2 is 1.53 bits per heavy atom. The van der Waals surface area contributed by atoms with Gasteiger partial charge in [0.15, 0.2) is 5.13 Å².